The van der Waals surface area contributed by atoms with Crippen LogP contribution in [0, 0.1) is 11.8 Å². The average Bonchev–Trinajstić information content (AvgIpc) is 2.91. The van der Waals surface area contributed by atoms with Crippen LogP contribution in [0.15, 0.2) is 71.3 Å². The zero-order valence-electron chi connectivity index (χ0n) is 21.5. The second-order valence-electron chi connectivity index (χ2n) is 9.06. The molecule has 10 heteroatoms. The molecule has 1 amide bonds. The van der Waals surface area contributed by atoms with Crippen LogP contribution in [0.25, 0.3) is 0 Å². The molecule has 0 spiro atoms. The Morgan fingerprint density at radius 1 is 1.14 bits per heavy atom. The third-order valence-electron chi connectivity index (χ3n) is 6.16. The Morgan fingerprint density at radius 3 is 2.46 bits per heavy atom. The maximum Gasteiger partial charge on any atom is 0.286 e. The number of methoxy groups -OCH3 is 1. The summed E-state index contributed by atoms with van der Waals surface area (Å²) in [5.74, 6) is 0.735. The Bertz CT molecular complexity index is 1140. The van der Waals surface area contributed by atoms with E-state index in [1.165, 1.54) is 23.5 Å². The number of hydrogen-bond acceptors (Lipinski definition) is 7. The predicted molar refractivity (Wildman–Crippen MR) is 139 cm³/mol. The fourth-order valence-corrected chi connectivity index (χ4v) is 5.34. The van der Waals surface area contributed by atoms with Crippen LogP contribution in [0.2, 0.25) is 0 Å². The molecule has 37 heavy (non-hydrogen) atoms. The van der Waals surface area contributed by atoms with Crippen molar-refractivity contribution in [1.29, 1.82) is 0 Å². The van der Waals surface area contributed by atoms with Crippen molar-refractivity contribution in [3.05, 3.63) is 72.0 Å². The third-order valence-corrected chi connectivity index (χ3v) is 8.07. The summed E-state index contributed by atoms with van der Waals surface area (Å²) in [5, 5.41) is 12.3. The normalized spacial score (nSPS) is 17.8. The molecule has 1 heterocycles. The smallest absolute Gasteiger partial charge is 0.286 e. The van der Waals surface area contributed by atoms with Gasteiger partial charge < -0.3 is 24.6 Å². The molecule has 2 aromatic rings. The molecule has 2 N–H and O–H groups in total. The molecule has 0 aliphatic carbocycles. The third kappa shape index (κ3) is 8.03. The van der Waals surface area contributed by atoms with Crippen molar-refractivity contribution in [2.24, 2.45) is 11.8 Å². The van der Waals surface area contributed by atoms with Gasteiger partial charge in [0.05, 0.1) is 25.2 Å². The Balaban J connectivity index is 1.61. The zero-order chi connectivity index (χ0) is 26.8. The summed E-state index contributed by atoms with van der Waals surface area (Å²) in [6, 6.07) is 15.6. The van der Waals surface area contributed by atoms with Crippen molar-refractivity contribution in [2.45, 2.75) is 38.0 Å². The molecule has 2 aromatic carbocycles. The second-order valence-corrected chi connectivity index (χ2v) is 11.0. The van der Waals surface area contributed by atoms with E-state index in [2.05, 4.69) is 19.2 Å². The van der Waals surface area contributed by atoms with Crippen molar-refractivity contribution in [3.63, 3.8) is 0 Å². The largest absolute Gasteiger partial charge is 0.497 e. The minimum Gasteiger partial charge on any atom is -0.497 e. The molecule has 0 aromatic heterocycles. The van der Waals surface area contributed by atoms with E-state index in [4.69, 9.17) is 14.2 Å². The van der Waals surface area contributed by atoms with Gasteiger partial charge in [0.1, 0.15) is 5.75 Å². The van der Waals surface area contributed by atoms with Crippen molar-refractivity contribution >= 4 is 15.9 Å². The molecular formula is C27H36N2O7S. The van der Waals surface area contributed by atoms with Crippen LogP contribution < -0.4 is 10.1 Å². The van der Waals surface area contributed by atoms with Gasteiger partial charge in [0.25, 0.3) is 5.91 Å². The highest BCUT2D eigenvalue weighted by molar-refractivity contribution is 7.89. The van der Waals surface area contributed by atoms with E-state index in [0.29, 0.717) is 18.7 Å². The molecule has 3 rings (SSSR count). The van der Waals surface area contributed by atoms with Crippen LogP contribution in [-0.2, 0) is 30.8 Å². The van der Waals surface area contributed by atoms with Gasteiger partial charge in [0.2, 0.25) is 16.3 Å². The number of ether oxygens (including phenoxy) is 3. The number of amides is 1. The molecule has 0 radical (unpaired) electrons. The lowest BCUT2D eigenvalue weighted by atomic mass is 9.90. The Morgan fingerprint density at radius 2 is 1.84 bits per heavy atom. The fraction of sp³-hybridized carbons (Fsp3) is 0.444. The highest BCUT2D eigenvalue weighted by Gasteiger charge is 2.30. The predicted octanol–water partition coefficient (Wildman–Crippen LogP) is 2.91. The summed E-state index contributed by atoms with van der Waals surface area (Å²) in [6.07, 6.45) is 1.67. The van der Waals surface area contributed by atoms with Crippen molar-refractivity contribution in [2.75, 3.05) is 33.4 Å². The summed E-state index contributed by atoms with van der Waals surface area (Å²) in [6.45, 7) is 4.13. The number of benzene rings is 2. The van der Waals surface area contributed by atoms with E-state index in [-0.39, 0.29) is 54.7 Å². The van der Waals surface area contributed by atoms with Crippen LogP contribution in [0.4, 0.5) is 0 Å². The van der Waals surface area contributed by atoms with Gasteiger partial charge in [0.15, 0.2) is 5.76 Å². The molecule has 0 fully saturated rings. The number of aliphatic hydroxyl groups excluding tert-OH is 1. The SMILES string of the molecule is COc1ccc(S(=O)(=O)N(CCO)CCO[C@@H]2C[C@H](C(C)C)C=C(C(=O)NCc3ccccc3)O2)cc1. The van der Waals surface area contributed by atoms with Crippen molar-refractivity contribution in [3.8, 4) is 5.75 Å². The molecule has 0 bridgehead atoms. The van der Waals surface area contributed by atoms with Gasteiger partial charge in [-0.3, -0.25) is 4.79 Å². The van der Waals surface area contributed by atoms with E-state index in [1.807, 2.05) is 36.4 Å². The fourth-order valence-electron chi connectivity index (χ4n) is 3.92. The first-order chi connectivity index (χ1) is 17.7. The number of allylic oxidation sites excluding steroid dienone is 1. The van der Waals surface area contributed by atoms with Gasteiger partial charge in [0, 0.05) is 26.1 Å². The Hall–Kier alpha value is -2.92. The highest BCUT2D eigenvalue weighted by atomic mass is 32.2. The molecular weight excluding hydrogens is 496 g/mol. The van der Waals surface area contributed by atoms with Crippen molar-refractivity contribution < 1.29 is 32.5 Å². The van der Waals surface area contributed by atoms with Gasteiger partial charge in [-0.25, -0.2) is 8.42 Å². The molecule has 0 unspecified atom stereocenters. The average molecular weight is 533 g/mol. The molecule has 2 atom stereocenters. The number of carbonyl (C=O) groups is 1. The number of carbonyl (C=O) groups excluding carboxylic acids is 1. The van der Waals surface area contributed by atoms with E-state index >= 15 is 0 Å². The first-order valence-corrected chi connectivity index (χ1v) is 13.8. The lowest BCUT2D eigenvalue weighted by Crippen LogP contribution is -2.38. The van der Waals surface area contributed by atoms with Crippen LogP contribution in [-0.4, -0.2) is 63.4 Å². The summed E-state index contributed by atoms with van der Waals surface area (Å²) < 4.78 is 44.2. The van der Waals surface area contributed by atoms with Gasteiger partial charge >= 0.3 is 0 Å². The second kappa shape index (κ2) is 13.6. The topological polar surface area (TPSA) is 114 Å². The van der Waals surface area contributed by atoms with Crippen LogP contribution in [0.5, 0.6) is 5.75 Å². The van der Waals surface area contributed by atoms with E-state index in [0.717, 1.165) is 5.56 Å². The summed E-state index contributed by atoms with van der Waals surface area (Å²) in [4.78, 5) is 12.9. The minimum atomic E-state index is -3.85. The number of sulfonamides is 1. The number of nitrogens with one attached hydrogen (secondary N) is 1. The molecule has 1 aliphatic rings. The number of hydrogen-bond donors (Lipinski definition) is 2. The maximum absolute atomic E-state index is 13.1. The van der Waals surface area contributed by atoms with Crippen LogP contribution >= 0.6 is 0 Å². The van der Waals surface area contributed by atoms with Gasteiger partial charge in [-0.05, 0) is 47.7 Å². The van der Waals surface area contributed by atoms with Crippen LogP contribution in [0.1, 0.15) is 25.8 Å². The lowest BCUT2D eigenvalue weighted by molar-refractivity contribution is -0.150. The molecule has 1 aliphatic heterocycles. The summed E-state index contributed by atoms with van der Waals surface area (Å²) >= 11 is 0. The van der Waals surface area contributed by atoms with E-state index < -0.39 is 16.3 Å². The molecule has 0 saturated carbocycles. The summed E-state index contributed by atoms with van der Waals surface area (Å²) in [7, 11) is -2.35. The van der Waals surface area contributed by atoms with E-state index in [9.17, 15) is 18.3 Å². The molecule has 9 nitrogen and oxygen atoms in total. The highest BCUT2D eigenvalue weighted by Crippen LogP contribution is 2.29. The standard InChI is InChI=1S/C27H36N2O7S/c1-20(2)22-17-25(27(31)28-19-21-7-5-4-6-8-21)36-26(18-22)35-16-14-29(13-15-30)37(32,33)24-11-9-23(34-3)10-12-24/h4-12,17,20,22,26,30H,13-16,18-19H2,1-3H3,(H,28,31)/t22-,26+/m1/s1. The monoisotopic (exact) mass is 532 g/mol. The van der Waals surface area contributed by atoms with Gasteiger partial charge in [-0.2, -0.15) is 4.31 Å². The number of nitrogens with zero attached hydrogens (tertiary/aromatic N) is 1. The van der Waals surface area contributed by atoms with E-state index in [1.54, 1.807) is 12.1 Å². The number of rotatable bonds is 13. The molecule has 202 valence electrons. The first kappa shape index (κ1) is 28.6. The number of aliphatic hydroxyl groups is 1. The quantitative estimate of drug-likeness (QED) is 0.408. The minimum absolute atomic E-state index is 0.0143. The first-order valence-electron chi connectivity index (χ1n) is 12.3. The maximum atomic E-state index is 13.1. The zero-order valence-corrected chi connectivity index (χ0v) is 22.3. The Kier molecular flexibility index (Phi) is 10.5. The lowest BCUT2D eigenvalue weighted by Gasteiger charge is -2.31. The Labute approximate surface area is 219 Å². The molecule has 0 saturated heterocycles. The summed E-state index contributed by atoms with van der Waals surface area (Å²) in [5.41, 5.74) is 0.975. The van der Waals surface area contributed by atoms with Crippen molar-refractivity contribution in [1.82, 2.24) is 9.62 Å². The van der Waals surface area contributed by atoms with Gasteiger partial charge in [-0.15, -0.1) is 0 Å². The van der Waals surface area contributed by atoms with Gasteiger partial charge in [-0.1, -0.05) is 44.2 Å². The van der Waals surface area contributed by atoms with Crippen LogP contribution in [0.3, 0.4) is 0 Å².